The smallest absolute Gasteiger partial charge is 0.145 e. The van der Waals surface area contributed by atoms with Gasteiger partial charge in [-0.3, -0.25) is 4.57 Å². The average Bonchev–Trinajstić information content (AvgIpc) is 3.54. The van der Waals surface area contributed by atoms with Gasteiger partial charge >= 0.3 is 0 Å². The largest absolute Gasteiger partial charge is 0.292 e. The van der Waals surface area contributed by atoms with Gasteiger partial charge in [0.15, 0.2) is 0 Å². The zero-order valence-electron chi connectivity index (χ0n) is 25.5. The molecule has 0 amide bonds. The lowest BCUT2D eigenvalue weighted by atomic mass is 9.98. The highest BCUT2D eigenvalue weighted by Crippen LogP contribution is 2.35. The highest BCUT2D eigenvalue weighted by Gasteiger charge is 2.16. The van der Waals surface area contributed by atoms with Crippen molar-refractivity contribution in [2.75, 3.05) is 0 Å². The van der Waals surface area contributed by atoms with Gasteiger partial charge in [-0.1, -0.05) is 127 Å². The molecular formula is C43H28N4. The second-order valence-corrected chi connectivity index (χ2v) is 11.7. The zero-order valence-corrected chi connectivity index (χ0v) is 25.5. The topological polar surface area (TPSA) is 43.6 Å². The minimum atomic E-state index is 0.876. The van der Waals surface area contributed by atoms with Crippen LogP contribution < -0.4 is 0 Å². The van der Waals surface area contributed by atoms with Crippen molar-refractivity contribution in [2.45, 2.75) is 0 Å². The van der Waals surface area contributed by atoms with Crippen molar-refractivity contribution in [1.29, 1.82) is 0 Å². The predicted octanol–water partition coefficient (Wildman–Crippen LogP) is 10.8. The van der Waals surface area contributed by atoms with Crippen molar-refractivity contribution in [3.8, 4) is 50.7 Å². The third kappa shape index (κ3) is 4.84. The zero-order chi connectivity index (χ0) is 31.2. The Bertz CT molecular complexity index is 2550. The SMILES string of the molecule is c1ccc(-n2c(-c3ccc(-c4ccc(-c5nc6ccccc6nc5-c5ccc6ccccc6c5)cc4)cc3)nc3ccccc32)cc1. The number of imidazole rings is 1. The van der Waals surface area contributed by atoms with E-state index in [1.807, 2.05) is 36.4 Å². The quantitative estimate of drug-likeness (QED) is 0.197. The molecule has 4 heteroatoms. The molecular weight excluding hydrogens is 573 g/mol. The molecule has 0 N–H and O–H groups in total. The standard InChI is InChI=1S/C43H28N4/c1-2-12-36(13-3-1)47-40-17-9-8-16-39(40)46-43(47)33-25-20-31(21-26-33)30-18-23-32(24-19-30)41-42(45-38-15-7-6-14-37(38)44-41)35-27-22-29-10-4-5-11-34(29)28-35/h1-28H. The van der Waals surface area contributed by atoms with Gasteiger partial charge < -0.3 is 0 Å². The molecule has 0 fully saturated rings. The molecule has 2 heterocycles. The maximum Gasteiger partial charge on any atom is 0.145 e. The fourth-order valence-electron chi connectivity index (χ4n) is 6.43. The lowest BCUT2D eigenvalue weighted by molar-refractivity contribution is 1.10. The summed E-state index contributed by atoms with van der Waals surface area (Å²) in [6, 6.07) is 59.1. The van der Waals surface area contributed by atoms with Gasteiger partial charge in [0, 0.05) is 22.4 Å². The molecule has 0 atom stereocenters. The molecule has 0 aliphatic rings. The van der Waals surface area contributed by atoms with Crippen molar-refractivity contribution in [1.82, 2.24) is 19.5 Å². The van der Waals surface area contributed by atoms with Crippen LogP contribution in [0.1, 0.15) is 0 Å². The van der Waals surface area contributed by atoms with Crippen molar-refractivity contribution < 1.29 is 0 Å². The molecule has 2 aromatic heterocycles. The summed E-state index contributed by atoms with van der Waals surface area (Å²) in [5.41, 5.74) is 12.1. The van der Waals surface area contributed by atoms with Crippen molar-refractivity contribution in [2.24, 2.45) is 0 Å². The number of para-hydroxylation sites is 5. The Hall–Kier alpha value is -6.39. The van der Waals surface area contributed by atoms with E-state index in [-0.39, 0.29) is 0 Å². The molecule has 0 spiro atoms. The summed E-state index contributed by atoms with van der Waals surface area (Å²) in [6.45, 7) is 0. The second kappa shape index (κ2) is 11.2. The van der Waals surface area contributed by atoms with Crippen LogP contribution in [0.25, 0.3) is 83.6 Å². The van der Waals surface area contributed by atoms with Gasteiger partial charge in [-0.2, -0.15) is 0 Å². The lowest BCUT2D eigenvalue weighted by Gasteiger charge is -2.12. The molecule has 0 saturated heterocycles. The Balaban J connectivity index is 1.09. The van der Waals surface area contributed by atoms with Crippen LogP contribution in [0, 0.1) is 0 Å². The third-order valence-corrected chi connectivity index (χ3v) is 8.80. The Kier molecular flexibility index (Phi) is 6.43. The van der Waals surface area contributed by atoms with Gasteiger partial charge in [0.25, 0.3) is 0 Å². The van der Waals surface area contributed by atoms with Gasteiger partial charge in [-0.15, -0.1) is 0 Å². The maximum absolute atomic E-state index is 5.13. The first-order chi connectivity index (χ1) is 23.3. The van der Waals surface area contributed by atoms with E-state index < -0.39 is 0 Å². The van der Waals surface area contributed by atoms with Crippen molar-refractivity contribution in [3.05, 3.63) is 170 Å². The van der Waals surface area contributed by atoms with E-state index in [1.165, 1.54) is 10.8 Å². The maximum atomic E-state index is 5.13. The number of nitrogens with zero attached hydrogens (tertiary/aromatic N) is 4. The van der Waals surface area contributed by atoms with Crippen LogP contribution in [0.3, 0.4) is 0 Å². The summed E-state index contributed by atoms with van der Waals surface area (Å²) < 4.78 is 2.23. The molecule has 220 valence electrons. The summed E-state index contributed by atoms with van der Waals surface area (Å²) in [5.74, 6) is 0.926. The summed E-state index contributed by atoms with van der Waals surface area (Å²) >= 11 is 0. The van der Waals surface area contributed by atoms with Gasteiger partial charge in [0.1, 0.15) is 5.82 Å². The summed E-state index contributed by atoms with van der Waals surface area (Å²) in [6.07, 6.45) is 0. The average molecular weight is 601 g/mol. The van der Waals surface area contributed by atoms with Crippen LogP contribution in [0.2, 0.25) is 0 Å². The van der Waals surface area contributed by atoms with Crippen LogP contribution in [-0.4, -0.2) is 19.5 Å². The molecule has 0 unspecified atom stereocenters. The highest BCUT2D eigenvalue weighted by atomic mass is 15.1. The number of hydrogen-bond donors (Lipinski definition) is 0. The normalized spacial score (nSPS) is 11.4. The van der Waals surface area contributed by atoms with E-state index in [0.717, 1.165) is 72.8 Å². The number of rotatable bonds is 5. The van der Waals surface area contributed by atoms with Gasteiger partial charge in [-0.25, -0.2) is 15.0 Å². The number of fused-ring (bicyclic) bond motifs is 3. The molecule has 0 bridgehead atoms. The van der Waals surface area contributed by atoms with E-state index >= 15 is 0 Å². The van der Waals surface area contributed by atoms with Crippen LogP contribution in [0.15, 0.2) is 170 Å². The molecule has 0 radical (unpaired) electrons. The molecule has 9 aromatic rings. The van der Waals surface area contributed by atoms with Crippen LogP contribution >= 0.6 is 0 Å². The van der Waals surface area contributed by atoms with E-state index in [2.05, 4.69) is 138 Å². The van der Waals surface area contributed by atoms with Crippen LogP contribution in [-0.2, 0) is 0 Å². The van der Waals surface area contributed by atoms with Gasteiger partial charge in [0.05, 0.1) is 33.5 Å². The predicted molar refractivity (Wildman–Crippen MR) is 193 cm³/mol. The molecule has 9 rings (SSSR count). The van der Waals surface area contributed by atoms with E-state index in [4.69, 9.17) is 15.0 Å². The van der Waals surface area contributed by atoms with E-state index in [0.29, 0.717) is 0 Å². The minimum Gasteiger partial charge on any atom is -0.292 e. The minimum absolute atomic E-state index is 0.876. The van der Waals surface area contributed by atoms with Crippen LogP contribution in [0.5, 0.6) is 0 Å². The number of aromatic nitrogens is 4. The molecule has 0 aliphatic heterocycles. The fraction of sp³-hybridized carbons (Fsp3) is 0. The molecule has 7 aromatic carbocycles. The van der Waals surface area contributed by atoms with Gasteiger partial charge in [-0.05, 0) is 64.4 Å². The summed E-state index contributed by atoms with van der Waals surface area (Å²) in [5, 5.41) is 2.39. The first-order valence-electron chi connectivity index (χ1n) is 15.8. The Labute approximate surface area is 272 Å². The molecule has 0 aliphatic carbocycles. The fourth-order valence-corrected chi connectivity index (χ4v) is 6.43. The van der Waals surface area contributed by atoms with Crippen molar-refractivity contribution >= 4 is 32.8 Å². The number of benzene rings is 7. The third-order valence-electron chi connectivity index (χ3n) is 8.80. The first kappa shape index (κ1) is 27.0. The first-order valence-corrected chi connectivity index (χ1v) is 15.8. The monoisotopic (exact) mass is 600 g/mol. The van der Waals surface area contributed by atoms with E-state index in [9.17, 15) is 0 Å². The summed E-state index contributed by atoms with van der Waals surface area (Å²) in [4.78, 5) is 15.3. The molecule has 47 heavy (non-hydrogen) atoms. The lowest BCUT2D eigenvalue weighted by Crippen LogP contribution is -1.97. The molecule has 0 saturated carbocycles. The second-order valence-electron chi connectivity index (χ2n) is 11.7. The van der Waals surface area contributed by atoms with Gasteiger partial charge in [0.2, 0.25) is 0 Å². The Morgan fingerprint density at radius 3 is 1.55 bits per heavy atom. The summed E-state index contributed by atoms with van der Waals surface area (Å²) in [7, 11) is 0. The van der Waals surface area contributed by atoms with Crippen LogP contribution in [0.4, 0.5) is 0 Å². The Morgan fingerprint density at radius 1 is 0.340 bits per heavy atom. The van der Waals surface area contributed by atoms with Crippen molar-refractivity contribution in [3.63, 3.8) is 0 Å². The highest BCUT2D eigenvalue weighted by molar-refractivity contribution is 5.92. The Morgan fingerprint density at radius 2 is 0.851 bits per heavy atom. The molecule has 4 nitrogen and oxygen atoms in total. The van der Waals surface area contributed by atoms with E-state index in [1.54, 1.807) is 0 Å². The number of hydrogen-bond acceptors (Lipinski definition) is 3.